The van der Waals surface area contributed by atoms with Crippen molar-refractivity contribution in [2.24, 2.45) is 0 Å². The minimum atomic E-state index is -0.198. The van der Waals surface area contributed by atoms with Crippen LogP contribution >= 0.6 is 11.3 Å². The number of hydrogen-bond donors (Lipinski definition) is 0. The molecule has 0 aliphatic carbocycles. The van der Waals surface area contributed by atoms with Crippen molar-refractivity contribution < 1.29 is 9.53 Å². The van der Waals surface area contributed by atoms with Gasteiger partial charge in [-0.25, -0.2) is 15.0 Å². The summed E-state index contributed by atoms with van der Waals surface area (Å²) in [6.45, 7) is 3.01. The largest absolute Gasteiger partial charge is 0.470 e. The predicted molar refractivity (Wildman–Crippen MR) is 83.2 cm³/mol. The van der Waals surface area contributed by atoms with Crippen LogP contribution in [0.3, 0.4) is 0 Å². The third-order valence-corrected chi connectivity index (χ3v) is 4.33. The molecule has 1 atom stereocenters. The first kappa shape index (κ1) is 15.4. The van der Waals surface area contributed by atoms with Gasteiger partial charge < -0.3 is 9.64 Å². The number of rotatable bonds is 3. The Balaban J connectivity index is 1.69. The maximum atomic E-state index is 12.5. The van der Waals surface area contributed by atoms with E-state index in [4.69, 9.17) is 10.00 Å². The fraction of sp³-hybridized carbons (Fsp3) is 0.400. The predicted octanol–water partition coefficient (Wildman–Crippen LogP) is 1.80. The first-order valence-corrected chi connectivity index (χ1v) is 8.14. The van der Waals surface area contributed by atoms with E-state index in [0.29, 0.717) is 18.8 Å². The van der Waals surface area contributed by atoms with Gasteiger partial charge >= 0.3 is 0 Å². The first-order valence-electron chi connectivity index (χ1n) is 7.26. The molecule has 2 aromatic heterocycles. The van der Waals surface area contributed by atoms with Crippen molar-refractivity contribution in [2.45, 2.75) is 25.9 Å². The molecule has 3 heterocycles. The molecule has 0 unspecified atom stereocenters. The Morgan fingerprint density at radius 1 is 1.48 bits per heavy atom. The van der Waals surface area contributed by atoms with E-state index in [-0.39, 0.29) is 23.6 Å². The Hall–Kier alpha value is -2.53. The summed E-state index contributed by atoms with van der Waals surface area (Å²) >= 11 is 1.46. The highest BCUT2D eigenvalue weighted by Gasteiger charge is 2.27. The Kier molecular flexibility index (Phi) is 4.48. The van der Waals surface area contributed by atoms with Crippen LogP contribution in [-0.2, 0) is 0 Å². The number of nitriles is 1. The molecular weight excluding hydrogens is 314 g/mol. The van der Waals surface area contributed by atoms with Gasteiger partial charge in [0.2, 0.25) is 5.69 Å². The number of piperidine rings is 1. The molecule has 7 nitrogen and oxygen atoms in total. The topological polar surface area (TPSA) is 92.0 Å². The number of likely N-dealkylation sites (tertiary alicyclic amines) is 1. The molecule has 0 spiro atoms. The van der Waals surface area contributed by atoms with Crippen LogP contribution in [0.4, 0.5) is 0 Å². The second-order valence-electron chi connectivity index (χ2n) is 5.21. The van der Waals surface area contributed by atoms with Crippen molar-refractivity contribution in [3.8, 4) is 11.9 Å². The minimum Gasteiger partial charge on any atom is -0.470 e. The summed E-state index contributed by atoms with van der Waals surface area (Å²) in [5, 5.41) is 11.7. The van der Waals surface area contributed by atoms with Crippen molar-refractivity contribution in [3.63, 3.8) is 0 Å². The van der Waals surface area contributed by atoms with Gasteiger partial charge in [-0.05, 0) is 19.8 Å². The molecule has 0 bridgehead atoms. The van der Waals surface area contributed by atoms with Gasteiger partial charge in [0, 0.05) is 24.3 Å². The fourth-order valence-corrected chi connectivity index (χ4v) is 3.08. The third kappa shape index (κ3) is 3.46. The number of amides is 1. The zero-order chi connectivity index (χ0) is 16.2. The molecule has 0 N–H and O–H groups in total. The number of carbonyl (C=O) groups excluding carboxylic acids is 1. The van der Waals surface area contributed by atoms with E-state index < -0.39 is 0 Å². The van der Waals surface area contributed by atoms with Crippen LogP contribution in [0.1, 0.15) is 34.0 Å². The molecule has 1 aliphatic rings. The van der Waals surface area contributed by atoms with Gasteiger partial charge in [-0.2, -0.15) is 5.26 Å². The Morgan fingerprint density at radius 3 is 3.04 bits per heavy atom. The van der Waals surface area contributed by atoms with Crippen LogP contribution in [0.25, 0.3) is 0 Å². The van der Waals surface area contributed by atoms with E-state index in [0.717, 1.165) is 17.8 Å². The highest BCUT2D eigenvalue weighted by molar-refractivity contribution is 7.09. The second kappa shape index (κ2) is 6.71. The van der Waals surface area contributed by atoms with Crippen LogP contribution in [0.2, 0.25) is 0 Å². The quantitative estimate of drug-likeness (QED) is 0.852. The molecule has 1 aliphatic heterocycles. The summed E-state index contributed by atoms with van der Waals surface area (Å²) in [5.41, 5.74) is 0.636. The number of thiazole rings is 1. The number of nitrogens with zero attached hydrogens (tertiary/aromatic N) is 5. The molecule has 1 amide bonds. The molecule has 23 heavy (non-hydrogen) atoms. The van der Waals surface area contributed by atoms with E-state index in [1.165, 1.54) is 23.7 Å². The molecule has 8 heteroatoms. The highest BCUT2D eigenvalue weighted by Crippen LogP contribution is 2.20. The standard InChI is InChI=1S/C15H15N5O2S/c1-10-19-13(9-23-10)15(21)20-6-2-3-11(8-20)22-14-12(7-16)17-4-5-18-14/h4-5,9,11H,2-3,6,8H2,1H3/t11-/m1/s1. The van der Waals surface area contributed by atoms with Crippen LogP contribution in [0, 0.1) is 18.3 Å². The second-order valence-corrected chi connectivity index (χ2v) is 6.27. The number of carbonyl (C=O) groups is 1. The van der Waals surface area contributed by atoms with Gasteiger partial charge in [-0.3, -0.25) is 4.79 Å². The summed E-state index contributed by atoms with van der Waals surface area (Å²) < 4.78 is 5.79. The fourth-order valence-electron chi connectivity index (χ4n) is 2.49. The molecule has 0 saturated carbocycles. The Bertz CT molecular complexity index is 754. The lowest BCUT2D eigenvalue weighted by Gasteiger charge is -2.32. The summed E-state index contributed by atoms with van der Waals surface area (Å²) in [6.07, 6.45) is 4.38. The number of aromatic nitrogens is 3. The van der Waals surface area contributed by atoms with Gasteiger partial charge in [-0.15, -0.1) is 11.3 Å². The first-order chi connectivity index (χ1) is 11.2. The molecule has 1 fully saturated rings. The van der Waals surface area contributed by atoms with Gasteiger partial charge in [-0.1, -0.05) is 0 Å². The summed E-state index contributed by atoms with van der Waals surface area (Å²) in [6, 6.07) is 1.96. The number of hydrogen-bond acceptors (Lipinski definition) is 7. The number of aryl methyl sites for hydroxylation is 1. The Labute approximate surface area is 137 Å². The van der Waals surface area contributed by atoms with Gasteiger partial charge in [0.1, 0.15) is 17.9 Å². The zero-order valence-electron chi connectivity index (χ0n) is 12.6. The molecule has 0 aromatic carbocycles. The van der Waals surface area contributed by atoms with Gasteiger partial charge in [0.15, 0.2) is 0 Å². The SMILES string of the molecule is Cc1nc(C(=O)N2CCC[C@@H](Oc3nccnc3C#N)C2)cs1. The summed E-state index contributed by atoms with van der Waals surface area (Å²) in [7, 11) is 0. The maximum absolute atomic E-state index is 12.5. The van der Waals surface area contributed by atoms with Crippen LogP contribution in [0.15, 0.2) is 17.8 Å². The van der Waals surface area contributed by atoms with Crippen molar-refractivity contribution in [3.05, 3.63) is 34.2 Å². The van der Waals surface area contributed by atoms with E-state index in [1.807, 2.05) is 13.0 Å². The Morgan fingerprint density at radius 2 is 2.30 bits per heavy atom. The third-order valence-electron chi connectivity index (χ3n) is 3.55. The molecular formula is C15H15N5O2S. The van der Waals surface area contributed by atoms with E-state index in [2.05, 4.69) is 15.0 Å². The molecule has 2 aromatic rings. The van der Waals surface area contributed by atoms with Crippen LogP contribution in [0.5, 0.6) is 5.88 Å². The van der Waals surface area contributed by atoms with Gasteiger partial charge in [0.05, 0.1) is 11.6 Å². The molecule has 0 radical (unpaired) electrons. The smallest absolute Gasteiger partial charge is 0.273 e. The van der Waals surface area contributed by atoms with E-state index in [9.17, 15) is 4.79 Å². The van der Waals surface area contributed by atoms with E-state index in [1.54, 1.807) is 10.3 Å². The maximum Gasteiger partial charge on any atom is 0.273 e. The summed E-state index contributed by atoms with van der Waals surface area (Å²) in [5.74, 6) is 0.140. The normalized spacial score (nSPS) is 17.6. The number of ether oxygens (including phenoxy) is 1. The lowest BCUT2D eigenvalue weighted by Crippen LogP contribution is -2.44. The van der Waals surface area contributed by atoms with E-state index >= 15 is 0 Å². The van der Waals surface area contributed by atoms with Crippen LogP contribution < -0.4 is 4.74 Å². The average Bonchev–Trinajstić information content (AvgIpc) is 3.01. The zero-order valence-corrected chi connectivity index (χ0v) is 13.4. The molecule has 1 saturated heterocycles. The van der Waals surface area contributed by atoms with Crippen LogP contribution in [-0.4, -0.2) is 45.0 Å². The average molecular weight is 329 g/mol. The molecule has 118 valence electrons. The lowest BCUT2D eigenvalue weighted by molar-refractivity contribution is 0.0521. The minimum absolute atomic E-state index is 0.0812. The highest BCUT2D eigenvalue weighted by atomic mass is 32.1. The molecule has 3 rings (SSSR count). The van der Waals surface area contributed by atoms with Crippen molar-refractivity contribution in [1.29, 1.82) is 5.26 Å². The lowest BCUT2D eigenvalue weighted by atomic mass is 10.1. The van der Waals surface area contributed by atoms with Crippen molar-refractivity contribution in [1.82, 2.24) is 19.9 Å². The monoisotopic (exact) mass is 329 g/mol. The van der Waals surface area contributed by atoms with Gasteiger partial charge in [0.25, 0.3) is 11.8 Å². The summed E-state index contributed by atoms with van der Waals surface area (Å²) in [4.78, 5) is 26.4. The van der Waals surface area contributed by atoms with Crippen molar-refractivity contribution in [2.75, 3.05) is 13.1 Å². The van der Waals surface area contributed by atoms with Crippen molar-refractivity contribution >= 4 is 17.2 Å².